The van der Waals surface area contributed by atoms with Gasteiger partial charge in [0.2, 0.25) is 0 Å². The number of hydrogen-bond acceptors (Lipinski definition) is 2. The zero-order valence-electron chi connectivity index (χ0n) is 12.6. The summed E-state index contributed by atoms with van der Waals surface area (Å²) in [6.07, 6.45) is 4.13. The highest BCUT2D eigenvalue weighted by Gasteiger charge is 2.52. The average Bonchev–Trinajstić information content (AvgIpc) is 2.64. The SMILES string of the molecule is CCC1(C(C)C)c2ccnnc2CC1C(C)(C)C. The van der Waals surface area contributed by atoms with Gasteiger partial charge in [-0.15, -0.1) is 0 Å². The van der Waals surface area contributed by atoms with Crippen molar-refractivity contribution in [3.8, 4) is 0 Å². The van der Waals surface area contributed by atoms with Crippen LogP contribution >= 0.6 is 0 Å². The summed E-state index contributed by atoms with van der Waals surface area (Å²) in [5, 5.41) is 8.48. The average molecular weight is 246 g/mol. The third-order valence-electron chi connectivity index (χ3n) is 4.98. The van der Waals surface area contributed by atoms with Crippen LogP contribution in [0.5, 0.6) is 0 Å². The highest BCUT2D eigenvalue weighted by Crippen LogP contribution is 2.55. The standard InChI is InChI=1S/C16H26N2/c1-7-16(11(2)3)12-8-9-17-18-13(12)10-14(16)15(4,5)6/h8-9,11,14H,7,10H2,1-6H3. The van der Waals surface area contributed by atoms with E-state index >= 15 is 0 Å². The van der Waals surface area contributed by atoms with Crippen molar-refractivity contribution in [2.24, 2.45) is 17.3 Å². The molecule has 100 valence electrons. The Morgan fingerprint density at radius 3 is 2.56 bits per heavy atom. The van der Waals surface area contributed by atoms with Gasteiger partial charge in [0.05, 0.1) is 5.69 Å². The first-order chi connectivity index (χ1) is 8.34. The van der Waals surface area contributed by atoms with Gasteiger partial charge in [-0.25, -0.2) is 0 Å². The fraction of sp³-hybridized carbons (Fsp3) is 0.750. The Hall–Kier alpha value is -0.920. The summed E-state index contributed by atoms with van der Waals surface area (Å²) in [4.78, 5) is 0. The molecule has 2 atom stereocenters. The van der Waals surface area contributed by atoms with Crippen molar-refractivity contribution >= 4 is 0 Å². The molecule has 0 fully saturated rings. The van der Waals surface area contributed by atoms with Gasteiger partial charge in [-0.1, -0.05) is 41.5 Å². The van der Waals surface area contributed by atoms with Crippen molar-refractivity contribution in [3.05, 3.63) is 23.5 Å². The Morgan fingerprint density at radius 1 is 1.39 bits per heavy atom. The van der Waals surface area contributed by atoms with Gasteiger partial charge in [0.15, 0.2) is 0 Å². The molecular weight excluding hydrogens is 220 g/mol. The van der Waals surface area contributed by atoms with Crippen LogP contribution in [0.15, 0.2) is 12.3 Å². The summed E-state index contributed by atoms with van der Waals surface area (Å²) >= 11 is 0. The zero-order chi connectivity index (χ0) is 13.6. The van der Waals surface area contributed by atoms with E-state index in [4.69, 9.17) is 0 Å². The van der Waals surface area contributed by atoms with E-state index in [9.17, 15) is 0 Å². The molecule has 0 bridgehead atoms. The second kappa shape index (κ2) is 4.32. The molecule has 0 N–H and O–H groups in total. The number of rotatable bonds is 2. The molecule has 0 saturated heterocycles. The van der Waals surface area contributed by atoms with Crippen LogP contribution in [-0.2, 0) is 11.8 Å². The lowest BCUT2D eigenvalue weighted by molar-refractivity contribution is 0.0956. The van der Waals surface area contributed by atoms with Crippen LogP contribution in [-0.4, -0.2) is 10.2 Å². The third kappa shape index (κ3) is 1.77. The predicted molar refractivity (Wildman–Crippen MR) is 75.5 cm³/mol. The lowest BCUT2D eigenvalue weighted by Crippen LogP contribution is -2.43. The first-order valence-electron chi connectivity index (χ1n) is 7.15. The minimum absolute atomic E-state index is 0.267. The Bertz CT molecular complexity index is 431. The Labute approximate surface area is 111 Å². The van der Waals surface area contributed by atoms with E-state index in [1.54, 1.807) is 0 Å². The summed E-state index contributed by atoms with van der Waals surface area (Å²) in [6, 6.07) is 2.21. The molecule has 0 radical (unpaired) electrons. The van der Waals surface area contributed by atoms with E-state index in [-0.39, 0.29) is 5.41 Å². The number of fused-ring (bicyclic) bond motifs is 1. The Morgan fingerprint density at radius 2 is 2.06 bits per heavy atom. The molecule has 0 saturated carbocycles. The van der Waals surface area contributed by atoms with E-state index in [0.29, 0.717) is 17.3 Å². The van der Waals surface area contributed by atoms with Gasteiger partial charge in [0.1, 0.15) is 0 Å². The Balaban J connectivity index is 2.61. The highest BCUT2D eigenvalue weighted by atomic mass is 15.1. The minimum Gasteiger partial charge on any atom is -0.159 e. The normalized spacial score (nSPS) is 27.6. The summed E-state index contributed by atoms with van der Waals surface area (Å²) in [7, 11) is 0. The van der Waals surface area contributed by atoms with E-state index in [1.165, 1.54) is 17.7 Å². The van der Waals surface area contributed by atoms with Gasteiger partial charge in [-0.3, -0.25) is 0 Å². The zero-order valence-corrected chi connectivity index (χ0v) is 12.6. The maximum absolute atomic E-state index is 4.40. The molecule has 1 heterocycles. The lowest BCUT2D eigenvalue weighted by atomic mass is 9.58. The van der Waals surface area contributed by atoms with Gasteiger partial charge >= 0.3 is 0 Å². The fourth-order valence-corrected chi connectivity index (χ4v) is 4.14. The van der Waals surface area contributed by atoms with Gasteiger partial charge < -0.3 is 0 Å². The quantitative estimate of drug-likeness (QED) is 0.788. The molecule has 1 aromatic rings. The van der Waals surface area contributed by atoms with Crippen molar-refractivity contribution in [1.29, 1.82) is 0 Å². The molecule has 0 amide bonds. The van der Waals surface area contributed by atoms with Gasteiger partial charge in [-0.2, -0.15) is 10.2 Å². The number of hydrogen-bond donors (Lipinski definition) is 0. The molecular formula is C16H26N2. The van der Waals surface area contributed by atoms with E-state index in [0.717, 1.165) is 6.42 Å². The van der Waals surface area contributed by atoms with Crippen molar-refractivity contribution in [1.82, 2.24) is 10.2 Å². The molecule has 2 heteroatoms. The Kier molecular flexibility index (Phi) is 3.25. The van der Waals surface area contributed by atoms with E-state index < -0.39 is 0 Å². The summed E-state index contributed by atoms with van der Waals surface area (Å²) in [5.41, 5.74) is 3.26. The third-order valence-corrected chi connectivity index (χ3v) is 4.98. The molecule has 2 nitrogen and oxygen atoms in total. The molecule has 1 aliphatic rings. The molecule has 0 aliphatic heterocycles. The smallest absolute Gasteiger partial charge is 0.0672 e. The lowest BCUT2D eigenvalue weighted by Gasteiger charge is -2.45. The van der Waals surface area contributed by atoms with Crippen LogP contribution in [0, 0.1) is 17.3 Å². The van der Waals surface area contributed by atoms with Gasteiger partial charge in [-0.05, 0) is 41.7 Å². The van der Waals surface area contributed by atoms with Crippen LogP contribution < -0.4 is 0 Å². The summed E-state index contributed by atoms with van der Waals surface area (Å²) in [5.74, 6) is 1.29. The second-order valence-corrected chi connectivity index (χ2v) is 7.06. The maximum Gasteiger partial charge on any atom is 0.0672 e. The van der Waals surface area contributed by atoms with E-state index in [2.05, 4.69) is 57.8 Å². The number of nitrogens with zero attached hydrogens (tertiary/aromatic N) is 2. The van der Waals surface area contributed by atoms with Crippen molar-refractivity contribution in [2.45, 2.75) is 59.8 Å². The second-order valence-electron chi connectivity index (χ2n) is 7.06. The summed E-state index contributed by atoms with van der Waals surface area (Å²) in [6.45, 7) is 14.1. The van der Waals surface area contributed by atoms with Gasteiger partial charge in [0, 0.05) is 11.6 Å². The molecule has 2 rings (SSSR count). The minimum atomic E-state index is 0.267. The molecule has 0 spiro atoms. The molecule has 2 unspecified atom stereocenters. The topological polar surface area (TPSA) is 25.8 Å². The van der Waals surface area contributed by atoms with Crippen LogP contribution in [0.1, 0.15) is 59.2 Å². The van der Waals surface area contributed by atoms with Crippen LogP contribution in [0.25, 0.3) is 0 Å². The van der Waals surface area contributed by atoms with Crippen LogP contribution in [0.4, 0.5) is 0 Å². The monoisotopic (exact) mass is 246 g/mol. The van der Waals surface area contributed by atoms with Gasteiger partial charge in [0.25, 0.3) is 0 Å². The fourth-order valence-electron chi connectivity index (χ4n) is 4.14. The highest BCUT2D eigenvalue weighted by molar-refractivity contribution is 5.37. The van der Waals surface area contributed by atoms with Crippen LogP contribution in [0.3, 0.4) is 0 Å². The van der Waals surface area contributed by atoms with E-state index in [1.807, 2.05) is 6.20 Å². The first-order valence-corrected chi connectivity index (χ1v) is 7.15. The van der Waals surface area contributed by atoms with Crippen molar-refractivity contribution in [3.63, 3.8) is 0 Å². The summed E-state index contributed by atoms with van der Waals surface area (Å²) < 4.78 is 0. The molecule has 1 aliphatic carbocycles. The number of aromatic nitrogens is 2. The molecule has 0 aromatic carbocycles. The van der Waals surface area contributed by atoms with Crippen molar-refractivity contribution in [2.75, 3.05) is 0 Å². The van der Waals surface area contributed by atoms with Crippen molar-refractivity contribution < 1.29 is 0 Å². The largest absolute Gasteiger partial charge is 0.159 e. The molecule has 1 aromatic heterocycles. The van der Waals surface area contributed by atoms with Crippen LogP contribution in [0.2, 0.25) is 0 Å². The first kappa shape index (κ1) is 13.5. The maximum atomic E-state index is 4.40. The predicted octanol–water partition coefficient (Wildman–Crippen LogP) is 4.00. The molecule has 18 heavy (non-hydrogen) atoms.